The van der Waals surface area contributed by atoms with E-state index in [4.69, 9.17) is 9.47 Å². The summed E-state index contributed by atoms with van der Waals surface area (Å²) in [6, 6.07) is 15.4. The molecule has 0 bridgehead atoms. The fourth-order valence-electron chi connectivity index (χ4n) is 5.92. The van der Waals surface area contributed by atoms with Crippen LogP contribution in [0.25, 0.3) is 11.3 Å². The normalized spacial score (nSPS) is 23.5. The quantitative estimate of drug-likeness (QED) is 0.429. The number of benzene rings is 2. The highest BCUT2D eigenvalue weighted by Gasteiger charge is 2.42. The highest BCUT2D eigenvalue weighted by atomic mass is 19.1. The Bertz CT molecular complexity index is 1230. The van der Waals surface area contributed by atoms with E-state index in [2.05, 4.69) is 10.3 Å². The summed E-state index contributed by atoms with van der Waals surface area (Å²) in [5.41, 5.74) is 0.960. The first-order valence-corrected chi connectivity index (χ1v) is 13.7. The van der Waals surface area contributed by atoms with Gasteiger partial charge >= 0.3 is 0 Å². The zero-order valence-electron chi connectivity index (χ0n) is 22.4. The number of aromatic nitrogens is 2. The van der Waals surface area contributed by atoms with Crippen LogP contribution in [0.3, 0.4) is 0 Å². The predicted molar refractivity (Wildman–Crippen MR) is 146 cm³/mol. The number of piperazine rings is 1. The second-order valence-corrected chi connectivity index (χ2v) is 10.5. The first-order valence-electron chi connectivity index (χ1n) is 13.7. The smallest absolute Gasteiger partial charge is 0.275 e. The number of imidazole rings is 1. The van der Waals surface area contributed by atoms with Gasteiger partial charge in [0.05, 0.1) is 31.3 Å². The molecule has 5 rings (SSSR count). The van der Waals surface area contributed by atoms with E-state index >= 15 is 0 Å². The van der Waals surface area contributed by atoms with Crippen molar-refractivity contribution < 1.29 is 23.8 Å². The molecule has 9 heteroatoms. The van der Waals surface area contributed by atoms with Gasteiger partial charge in [0.1, 0.15) is 17.2 Å². The molecule has 1 amide bonds. The fraction of sp³-hybridized carbons (Fsp3) is 0.467. The maximum Gasteiger partial charge on any atom is 0.275 e. The molecule has 1 aromatic heterocycles. The molecule has 3 atom stereocenters. The minimum Gasteiger partial charge on any atom is -0.494 e. The number of halogens is 1. The van der Waals surface area contributed by atoms with Crippen molar-refractivity contribution in [2.24, 2.45) is 0 Å². The van der Waals surface area contributed by atoms with E-state index in [1.54, 1.807) is 25.6 Å². The Labute approximate surface area is 228 Å². The van der Waals surface area contributed by atoms with Crippen molar-refractivity contribution in [2.75, 3.05) is 40.0 Å². The third-order valence-corrected chi connectivity index (χ3v) is 7.88. The number of hydrogen-bond acceptors (Lipinski definition) is 6. The van der Waals surface area contributed by atoms with E-state index < -0.39 is 5.60 Å². The highest BCUT2D eigenvalue weighted by Crippen LogP contribution is 2.41. The van der Waals surface area contributed by atoms with Gasteiger partial charge in [0.2, 0.25) is 0 Å². The highest BCUT2D eigenvalue weighted by molar-refractivity contribution is 5.98. The van der Waals surface area contributed by atoms with Crippen LogP contribution in [0, 0.1) is 5.82 Å². The van der Waals surface area contributed by atoms with Crippen molar-refractivity contribution in [1.82, 2.24) is 19.8 Å². The molecular formula is C30H37FN4O4. The lowest BCUT2D eigenvalue weighted by Crippen LogP contribution is -2.54. The van der Waals surface area contributed by atoms with Crippen LogP contribution in [0.5, 0.6) is 5.75 Å². The van der Waals surface area contributed by atoms with Crippen molar-refractivity contribution >= 4 is 5.91 Å². The SMILES string of the molecule is COC[C@]1(O)CCCC[C@H]1n1cnc(C(=O)N2CCNC[C@H]2CCOc2ccc(F)cc2)c1-c1ccccc1. The number of nitrogens with zero attached hydrogens (tertiary/aromatic N) is 3. The summed E-state index contributed by atoms with van der Waals surface area (Å²) in [5.74, 6) is 0.157. The van der Waals surface area contributed by atoms with Gasteiger partial charge in [-0.15, -0.1) is 0 Å². The molecule has 0 radical (unpaired) electrons. The van der Waals surface area contributed by atoms with E-state index in [-0.39, 0.29) is 30.4 Å². The maximum absolute atomic E-state index is 14.1. The molecule has 208 valence electrons. The molecule has 0 unspecified atom stereocenters. The summed E-state index contributed by atoms with van der Waals surface area (Å²) >= 11 is 0. The van der Waals surface area contributed by atoms with E-state index in [1.165, 1.54) is 12.1 Å². The van der Waals surface area contributed by atoms with Gasteiger partial charge in [-0.1, -0.05) is 43.2 Å². The topological polar surface area (TPSA) is 88.8 Å². The lowest BCUT2D eigenvalue weighted by Gasteiger charge is -2.41. The standard InChI is InChI=1S/C30H37FN4O4/c1-38-20-30(37)15-6-5-9-26(30)35-21-33-27(28(35)22-7-3-2-4-8-22)29(36)34-17-16-32-19-24(34)14-18-39-25-12-10-23(31)11-13-25/h2-4,7-8,10-13,21,24,26,32,37H,5-6,9,14-20H2,1H3/t24-,26-,30-/m1/s1. The van der Waals surface area contributed by atoms with Crippen LogP contribution >= 0.6 is 0 Å². The monoisotopic (exact) mass is 536 g/mol. The number of nitrogens with one attached hydrogen (secondary N) is 1. The van der Waals surface area contributed by atoms with Gasteiger partial charge in [0, 0.05) is 44.8 Å². The molecule has 2 fully saturated rings. The molecule has 2 aliphatic rings. The number of amides is 1. The van der Waals surface area contributed by atoms with Gasteiger partial charge in [-0.3, -0.25) is 4.79 Å². The summed E-state index contributed by atoms with van der Waals surface area (Å²) in [4.78, 5) is 20.7. The number of hydrogen-bond donors (Lipinski definition) is 2. The van der Waals surface area contributed by atoms with Crippen LogP contribution in [0.4, 0.5) is 4.39 Å². The molecular weight excluding hydrogens is 499 g/mol. The number of rotatable bonds is 9. The zero-order valence-corrected chi connectivity index (χ0v) is 22.4. The zero-order chi connectivity index (χ0) is 27.2. The van der Waals surface area contributed by atoms with Crippen molar-refractivity contribution in [3.8, 4) is 17.0 Å². The lowest BCUT2D eigenvalue weighted by molar-refractivity contribution is -0.0893. The Kier molecular flexibility index (Phi) is 8.60. The molecule has 3 aromatic rings. The van der Waals surface area contributed by atoms with Crippen LogP contribution in [0.1, 0.15) is 48.6 Å². The maximum atomic E-state index is 14.1. The lowest BCUT2D eigenvalue weighted by atomic mass is 9.80. The third-order valence-electron chi connectivity index (χ3n) is 7.88. The number of carbonyl (C=O) groups is 1. The van der Waals surface area contributed by atoms with Gasteiger partial charge in [-0.25, -0.2) is 9.37 Å². The molecule has 2 N–H and O–H groups in total. The summed E-state index contributed by atoms with van der Waals surface area (Å²) in [6.45, 7) is 2.52. The molecule has 8 nitrogen and oxygen atoms in total. The first-order chi connectivity index (χ1) is 19.0. The fourth-order valence-corrected chi connectivity index (χ4v) is 5.92. The third kappa shape index (κ3) is 6.00. The average Bonchev–Trinajstić information content (AvgIpc) is 3.39. The summed E-state index contributed by atoms with van der Waals surface area (Å²) in [5, 5.41) is 15.0. The van der Waals surface area contributed by atoms with Crippen LogP contribution in [0.15, 0.2) is 60.9 Å². The molecule has 0 spiro atoms. The van der Waals surface area contributed by atoms with E-state index in [0.29, 0.717) is 50.5 Å². The average molecular weight is 537 g/mol. The molecule has 1 aliphatic carbocycles. The van der Waals surface area contributed by atoms with Crippen molar-refractivity contribution in [1.29, 1.82) is 0 Å². The van der Waals surface area contributed by atoms with Crippen LogP contribution in [-0.2, 0) is 4.74 Å². The minimum atomic E-state index is -1.03. The molecule has 1 saturated heterocycles. The molecule has 2 heterocycles. The van der Waals surface area contributed by atoms with Crippen LogP contribution in [0.2, 0.25) is 0 Å². The van der Waals surface area contributed by atoms with Gasteiger partial charge in [-0.05, 0) is 37.1 Å². The van der Waals surface area contributed by atoms with Crippen molar-refractivity contribution in [2.45, 2.75) is 49.8 Å². The molecule has 1 saturated carbocycles. The number of aliphatic hydroxyl groups is 1. The molecule has 39 heavy (non-hydrogen) atoms. The Morgan fingerprint density at radius 2 is 1.97 bits per heavy atom. The Hall–Kier alpha value is -3.27. The first kappa shape index (κ1) is 27.3. The van der Waals surface area contributed by atoms with E-state index in [1.807, 2.05) is 39.8 Å². The van der Waals surface area contributed by atoms with Gasteiger partial charge in [0.15, 0.2) is 5.69 Å². The minimum absolute atomic E-state index is 0.0828. The van der Waals surface area contributed by atoms with Crippen molar-refractivity contribution in [3.05, 3.63) is 72.4 Å². The van der Waals surface area contributed by atoms with Crippen molar-refractivity contribution in [3.63, 3.8) is 0 Å². The van der Waals surface area contributed by atoms with Gasteiger partial charge in [-0.2, -0.15) is 0 Å². The molecule has 1 aliphatic heterocycles. The number of ether oxygens (including phenoxy) is 2. The summed E-state index contributed by atoms with van der Waals surface area (Å²) < 4.78 is 26.5. The Morgan fingerprint density at radius 3 is 2.74 bits per heavy atom. The van der Waals surface area contributed by atoms with Gasteiger partial charge in [0.25, 0.3) is 5.91 Å². The Balaban J connectivity index is 1.42. The van der Waals surface area contributed by atoms with Crippen LogP contribution < -0.4 is 10.1 Å². The second kappa shape index (κ2) is 12.3. The summed E-state index contributed by atoms with van der Waals surface area (Å²) in [7, 11) is 1.61. The summed E-state index contributed by atoms with van der Waals surface area (Å²) in [6.07, 6.45) is 5.66. The van der Waals surface area contributed by atoms with E-state index in [0.717, 1.165) is 30.5 Å². The largest absolute Gasteiger partial charge is 0.494 e. The predicted octanol–water partition coefficient (Wildman–Crippen LogP) is 4.06. The number of methoxy groups -OCH3 is 1. The Morgan fingerprint density at radius 1 is 1.18 bits per heavy atom. The number of carbonyl (C=O) groups excluding carboxylic acids is 1. The second-order valence-electron chi connectivity index (χ2n) is 10.5. The molecule has 2 aromatic carbocycles. The van der Waals surface area contributed by atoms with Gasteiger partial charge < -0.3 is 29.4 Å². The van der Waals surface area contributed by atoms with E-state index in [9.17, 15) is 14.3 Å². The van der Waals surface area contributed by atoms with Crippen LogP contribution in [-0.4, -0.2) is 77.1 Å².